The lowest BCUT2D eigenvalue weighted by Crippen LogP contribution is -2.22. The molecule has 0 bridgehead atoms. The van der Waals surface area contributed by atoms with Crippen molar-refractivity contribution in [1.29, 1.82) is 0 Å². The zero-order valence-corrected chi connectivity index (χ0v) is 16.6. The van der Waals surface area contributed by atoms with Gasteiger partial charge in [-0.3, -0.25) is 4.90 Å². The van der Waals surface area contributed by atoms with Crippen LogP contribution in [0.15, 0.2) is 24.3 Å². The van der Waals surface area contributed by atoms with Gasteiger partial charge in [0.25, 0.3) is 0 Å². The number of halogens is 1. The van der Waals surface area contributed by atoms with Gasteiger partial charge in [0, 0.05) is 20.0 Å². The van der Waals surface area contributed by atoms with Crippen LogP contribution in [-0.2, 0) is 36.5 Å². The Morgan fingerprint density at radius 3 is 2.65 bits per heavy atom. The van der Waals surface area contributed by atoms with Crippen LogP contribution in [0.5, 0.6) is 0 Å². The van der Waals surface area contributed by atoms with Gasteiger partial charge >= 0.3 is 0 Å². The fourth-order valence-corrected chi connectivity index (χ4v) is 5.34. The Morgan fingerprint density at radius 2 is 2.04 bits per heavy atom. The van der Waals surface area contributed by atoms with Gasteiger partial charge in [-0.1, -0.05) is 12.1 Å². The lowest BCUT2D eigenvalue weighted by molar-refractivity contribution is 0.243. The molecular weight excluding hydrogens is 375 g/mol. The Kier molecular flexibility index (Phi) is 5.59. The highest BCUT2D eigenvalue weighted by atomic mass is 32.2. The van der Waals surface area contributed by atoms with Crippen molar-refractivity contribution in [3.8, 4) is 0 Å². The zero-order valence-electron chi connectivity index (χ0n) is 14.9. The van der Waals surface area contributed by atoms with Crippen molar-refractivity contribution >= 4 is 22.1 Å². The highest BCUT2D eigenvalue weighted by Gasteiger charge is 2.29. The predicted molar refractivity (Wildman–Crippen MR) is 100 cm³/mol. The average molecular weight is 399 g/mol. The van der Waals surface area contributed by atoms with Crippen molar-refractivity contribution in [2.24, 2.45) is 13.0 Å². The lowest BCUT2D eigenvalue weighted by atomic mass is 10.1. The summed E-state index contributed by atoms with van der Waals surface area (Å²) in [7, 11) is 0.920. The van der Waals surface area contributed by atoms with Crippen LogP contribution in [0.3, 0.4) is 0 Å². The van der Waals surface area contributed by atoms with Crippen molar-refractivity contribution in [2.45, 2.75) is 26.1 Å². The maximum Gasteiger partial charge on any atom is 0.198 e. The summed E-state index contributed by atoms with van der Waals surface area (Å²) in [6, 6.07) is 6.41. The minimum atomic E-state index is -2.89. The van der Waals surface area contributed by atoms with E-state index in [-0.39, 0.29) is 23.2 Å². The van der Waals surface area contributed by atoms with E-state index in [9.17, 15) is 12.8 Å². The fraction of sp³-hybridized carbons (Fsp3) is 0.529. The van der Waals surface area contributed by atoms with Gasteiger partial charge in [0.05, 0.1) is 18.2 Å². The van der Waals surface area contributed by atoms with E-state index >= 15 is 0 Å². The molecule has 0 unspecified atom stereocenters. The number of rotatable bonds is 6. The van der Waals surface area contributed by atoms with Crippen LogP contribution >= 0.6 is 12.2 Å². The molecule has 0 spiro atoms. The summed E-state index contributed by atoms with van der Waals surface area (Å²) in [4.78, 5) is 2.04. The molecule has 2 aromatic rings. The SMILES string of the molecule is CN(Cc1ccc(F)cc1)Cn1nc(C[C@H]2CCS(=O)(=O)C2)n(C)c1=S. The summed E-state index contributed by atoms with van der Waals surface area (Å²) < 4.78 is 40.5. The average Bonchev–Trinajstić information content (AvgIpc) is 3.04. The van der Waals surface area contributed by atoms with Crippen LogP contribution in [0.25, 0.3) is 0 Å². The van der Waals surface area contributed by atoms with Gasteiger partial charge in [-0.2, -0.15) is 5.10 Å². The van der Waals surface area contributed by atoms with E-state index in [0.29, 0.717) is 30.8 Å². The molecule has 0 N–H and O–H groups in total. The monoisotopic (exact) mass is 398 g/mol. The first kappa shape index (κ1) is 19.2. The number of hydrogen-bond donors (Lipinski definition) is 0. The van der Waals surface area contributed by atoms with Crippen LogP contribution in [0.4, 0.5) is 4.39 Å². The largest absolute Gasteiger partial charge is 0.307 e. The van der Waals surface area contributed by atoms with Crippen LogP contribution in [0.2, 0.25) is 0 Å². The molecule has 1 saturated heterocycles. The maximum atomic E-state index is 13.0. The second-order valence-corrected chi connectivity index (χ2v) is 9.61. The van der Waals surface area contributed by atoms with Crippen LogP contribution in [-0.4, -0.2) is 46.2 Å². The molecule has 26 heavy (non-hydrogen) atoms. The maximum absolute atomic E-state index is 13.0. The smallest absolute Gasteiger partial charge is 0.198 e. The molecule has 0 saturated carbocycles. The Hall–Kier alpha value is -1.58. The summed E-state index contributed by atoms with van der Waals surface area (Å²) in [6.07, 6.45) is 1.31. The third-order valence-electron chi connectivity index (χ3n) is 4.67. The number of benzene rings is 1. The minimum Gasteiger partial charge on any atom is -0.307 e. The van der Waals surface area contributed by atoms with E-state index in [1.54, 1.807) is 16.8 Å². The van der Waals surface area contributed by atoms with E-state index in [2.05, 4.69) is 5.10 Å². The summed E-state index contributed by atoms with van der Waals surface area (Å²) in [5, 5.41) is 4.60. The molecule has 142 valence electrons. The summed E-state index contributed by atoms with van der Waals surface area (Å²) in [5.41, 5.74) is 1.01. The molecule has 3 rings (SSSR count). The van der Waals surface area contributed by atoms with Crippen molar-refractivity contribution in [2.75, 3.05) is 18.6 Å². The lowest BCUT2D eigenvalue weighted by Gasteiger charge is -2.16. The van der Waals surface area contributed by atoms with Gasteiger partial charge in [0.15, 0.2) is 14.6 Å². The highest BCUT2D eigenvalue weighted by molar-refractivity contribution is 7.91. The fourth-order valence-electron chi connectivity index (χ4n) is 3.27. The molecule has 6 nitrogen and oxygen atoms in total. The van der Waals surface area contributed by atoms with Crippen molar-refractivity contribution in [3.05, 3.63) is 46.2 Å². The summed E-state index contributed by atoms with van der Waals surface area (Å²) in [5.74, 6) is 1.18. The molecule has 1 aromatic carbocycles. The Balaban J connectivity index is 1.67. The Labute approximate surface area is 158 Å². The zero-order chi connectivity index (χ0) is 18.9. The molecule has 1 aromatic heterocycles. The second kappa shape index (κ2) is 7.58. The van der Waals surface area contributed by atoms with Crippen molar-refractivity contribution in [3.63, 3.8) is 0 Å². The quantitative estimate of drug-likeness (QED) is 0.698. The number of sulfone groups is 1. The minimum absolute atomic E-state index is 0.112. The third-order valence-corrected chi connectivity index (χ3v) is 6.99. The molecule has 1 aliphatic rings. The van der Waals surface area contributed by atoms with E-state index < -0.39 is 9.84 Å². The second-order valence-electron chi connectivity index (χ2n) is 7.01. The van der Waals surface area contributed by atoms with Crippen LogP contribution in [0, 0.1) is 16.5 Å². The molecule has 1 atom stereocenters. The van der Waals surface area contributed by atoms with Crippen molar-refractivity contribution < 1.29 is 12.8 Å². The molecule has 9 heteroatoms. The molecule has 0 amide bonds. The van der Waals surface area contributed by atoms with Crippen LogP contribution < -0.4 is 0 Å². The van der Waals surface area contributed by atoms with Gasteiger partial charge in [-0.15, -0.1) is 0 Å². The standard InChI is InChI=1S/C17H23FN4O2S2/c1-20(10-13-3-5-15(18)6-4-13)12-22-17(25)21(2)16(19-22)9-14-7-8-26(23,24)11-14/h3-6,14H,7-12H2,1-2H3/t14-/m1/s1. The van der Waals surface area contributed by atoms with Gasteiger partial charge in [0.2, 0.25) is 0 Å². The number of nitrogens with zero attached hydrogens (tertiary/aromatic N) is 4. The van der Waals surface area contributed by atoms with Crippen molar-refractivity contribution in [1.82, 2.24) is 19.2 Å². The molecule has 0 aliphatic carbocycles. The molecule has 0 radical (unpaired) electrons. The predicted octanol–water partition coefficient (Wildman–Crippen LogP) is 2.16. The van der Waals surface area contributed by atoms with E-state index in [0.717, 1.165) is 11.4 Å². The molecular formula is C17H23FN4O2S2. The Morgan fingerprint density at radius 1 is 1.35 bits per heavy atom. The van der Waals surface area contributed by atoms with Gasteiger partial charge in [-0.05, 0) is 49.3 Å². The number of hydrogen-bond acceptors (Lipinski definition) is 5. The summed E-state index contributed by atoms with van der Waals surface area (Å²) >= 11 is 5.47. The molecule has 1 fully saturated rings. The van der Waals surface area contributed by atoms with Gasteiger partial charge in [0.1, 0.15) is 11.6 Å². The summed E-state index contributed by atoms with van der Waals surface area (Å²) in [6.45, 7) is 1.15. The third kappa shape index (κ3) is 4.57. The van der Waals surface area contributed by atoms with Gasteiger partial charge < -0.3 is 4.57 Å². The normalized spacial score (nSPS) is 19.3. The first-order valence-electron chi connectivity index (χ1n) is 8.49. The molecule has 1 aliphatic heterocycles. The first-order chi connectivity index (χ1) is 12.2. The van der Waals surface area contributed by atoms with E-state index in [4.69, 9.17) is 12.2 Å². The first-order valence-corrected chi connectivity index (χ1v) is 10.7. The number of aromatic nitrogens is 3. The Bertz CT molecular complexity index is 935. The topological polar surface area (TPSA) is 60.1 Å². The van der Waals surface area contributed by atoms with Gasteiger partial charge in [-0.25, -0.2) is 17.5 Å². The van der Waals surface area contributed by atoms with E-state index in [1.165, 1.54) is 12.1 Å². The van der Waals surface area contributed by atoms with Crippen LogP contribution in [0.1, 0.15) is 17.8 Å². The molecule has 2 heterocycles. The van der Waals surface area contributed by atoms with E-state index in [1.807, 2.05) is 23.6 Å². The highest BCUT2D eigenvalue weighted by Crippen LogP contribution is 2.22.